The van der Waals surface area contributed by atoms with Gasteiger partial charge in [0.05, 0.1) is 0 Å². The third kappa shape index (κ3) is 3.05. The largest absolute Gasteiger partial charge is 1.00 e. The molecule has 108 valence electrons. The maximum Gasteiger partial charge on any atom is 1.00 e. The molecule has 0 saturated carbocycles. The van der Waals surface area contributed by atoms with Gasteiger partial charge in [-0.25, -0.2) is 0 Å². The van der Waals surface area contributed by atoms with Gasteiger partial charge in [-0.05, 0) is 36.1 Å². The van der Waals surface area contributed by atoms with Crippen LogP contribution < -0.4 is 39.6 Å². The van der Waals surface area contributed by atoms with Gasteiger partial charge in [-0.15, -0.1) is 0 Å². The van der Waals surface area contributed by atoms with Crippen molar-refractivity contribution in [3.05, 3.63) is 53.1 Å². The third-order valence-electron chi connectivity index (χ3n) is 4.19. The number of hydrogen-bond acceptors (Lipinski definition) is 3. The summed E-state index contributed by atoms with van der Waals surface area (Å²) in [5, 5.41) is 10.9. The molecule has 4 nitrogen and oxygen atoms in total. The monoisotopic (exact) mass is 305 g/mol. The molecule has 1 unspecified atom stereocenters. The second kappa shape index (κ2) is 6.82. The van der Waals surface area contributed by atoms with Crippen molar-refractivity contribution in [3.8, 4) is 0 Å². The Labute approximate surface area is 151 Å². The summed E-state index contributed by atoms with van der Waals surface area (Å²) in [5.41, 5.74) is 3.59. The summed E-state index contributed by atoms with van der Waals surface area (Å²) in [6.07, 6.45) is 5.69. The van der Waals surface area contributed by atoms with Crippen LogP contribution in [-0.2, 0) is 9.59 Å². The van der Waals surface area contributed by atoms with E-state index in [9.17, 15) is 14.7 Å². The molecule has 5 heteroatoms. The summed E-state index contributed by atoms with van der Waals surface area (Å²) in [6, 6.07) is 7.11. The summed E-state index contributed by atoms with van der Waals surface area (Å²) < 4.78 is 0. The van der Waals surface area contributed by atoms with Crippen LogP contribution >= 0.6 is 0 Å². The summed E-state index contributed by atoms with van der Waals surface area (Å²) in [4.78, 5) is 25.0. The average Bonchev–Trinajstić information content (AvgIpc) is 2.84. The Bertz CT molecular complexity index is 661. The number of carboxylic acids is 1. The second-order valence-corrected chi connectivity index (χ2v) is 5.49. The van der Waals surface area contributed by atoms with Crippen molar-refractivity contribution >= 4 is 17.6 Å². The van der Waals surface area contributed by atoms with Gasteiger partial charge in [-0.1, -0.05) is 31.2 Å². The fourth-order valence-electron chi connectivity index (χ4n) is 2.81. The van der Waals surface area contributed by atoms with E-state index in [4.69, 9.17) is 0 Å². The van der Waals surface area contributed by atoms with E-state index in [1.54, 1.807) is 36.1 Å². The Morgan fingerprint density at radius 1 is 1.18 bits per heavy atom. The van der Waals surface area contributed by atoms with Crippen molar-refractivity contribution in [2.45, 2.75) is 25.7 Å². The van der Waals surface area contributed by atoms with E-state index in [1.165, 1.54) is 5.57 Å². The number of amides is 1. The van der Waals surface area contributed by atoms with Gasteiger partial charge in [0.1, 0.15) is 0 Å². The molecule has 0 N–H and O–H groups in total. The molecule has 2 aliphatic rings. The van der Waals surface area contributed by atoms with Gasteiger partial charge >= 0.3 is 29.6 Å². The second-order valence-electron chi connectivity index (χ2n) is 5.49. The van der Waals surface area contributed by atoms with E-state index in [2.05, 4.69) is 6.08 Å². The van der Waals surface area contributed by atoms with Crippen LogP contribution in [0.15, 0.2) is 47.6 Å². The quantitative estimate of drug-likeness (QED) is 0.506. The molecule has 0 fully saturated rings. The van der Waals surface area contributed by atoms with Crippen LogP contribution in [0.3, 0.4) is 0 Å². The van der Waals surface area contributed by atoms with Crippen LogP contribution in [0.1, 0.15) is 31.2 Å². The maximum absolute atomic E-state index is 12.4. The fourth-order valence-corrected chi connectivity index (χ4v) is 2.81. The molecule has 0 saturated heterocycles. The number of hydrogen-bond donors (Lipinski definition) is 0. The standard InChI is InChI=1S/C17H17NO3.Na/c1-11(17(20)21)12-6-8-14(9-7-12)18-10-13-4-2-3-5-15(13)16(18)19;/h2-3,6-9,11H,4-5,10H2,1H3,(H,20,21);/q;+1/p-1. The van der Waals surface area contributed by atoms with Gasteiger partial charge < -0.3 is 14.8 Å². The number of carbonyl (C=O) groups is 2. The number of nitrogens with zero attached hydrogens (tertiary/aromatic N) is 1. The molecule has 1 heterocycles. The Kier molecular flexibility index (Phi) is 5.27. The molecule has 0 bridgehead atoms. The van der Waals surface area contributed by atoms with E-state index >= 15 is 0 Å². The summed E-state index contributed by atoms with van der Waals surface area (Å²) in [5.74, 6) is -1.68. The molecule has 0 aromatic heterocycles. The Hall–Kier alpha value is -1.36. The number of carboxylic acid groups (broad SMARTS) is 1. The van der Waals surface area contributed by atoms with Gasteiger partial charge in [0, 0.05) is 29.7 Å². The summed E-state index contributed by atoms with van der Waals surface area (Å²) >= 11 is 0. The van der Waals surface area contributed by atoms with Crippen LogP contribution in [0.4, 0.5) is 5.69 Å². The van der Waals surface area contributed by atoms with Crippen molar-refractivity contribution < 1.29 is 44.3 Å². The Balaban J connectivity index is 0.00000176. The molecule has 1 aliphatic heterocycles. The molecule has 1 aliphatic carbocycles. The third-order valence-corrected chi connectivity index (χ3v) is 4.19. The van der Waals surface area contributed by atoms with Gasteiger partial charge in [0.2, 0.25) is 0 Å². The smallest absolute Gasteiger partial charge is 0.550 e. The molecular formula is C17H16NNaO3. The predicted molar refractivity (Wildman–Crippen MR) is 77.6 cm³/mol. The predicted octanol–water partition coefficient (Wildman–Crippen LogP) is -1.46. The van der Waals surface area contributed by atoms with E-state index in [0.717, 1.165) is 17.7 Å². The number of allylic oxidation sites excluding steroid dienone is 2. The van der Waals surface area contributed by atoms with Crippen molar-refractivity contribution in [2.75, 3.05) is 11.4 Å². The minimum atomic E-state index is -1.09. The molecular weight excluding hydrogens is 289 g/mol. The molecule has 22 heavy (non-hydrogen) atoms. The van der Waals surface area contributed by atoms with Crippen molar-refractivity contribution in [2.24, 2.45) is 0 Å². The molecule has 1 amide bonds. The Morgan fingerprint density at radius 2 is 1.82 bits per heavy atom. The minimum Gasteiger partial charge on any atom is -0.550 e. The van der Waals surface area contributed by atoms with Crippen molar-refractivity contribution in [3.63, 3.8) is 0 Å². The Morgan fingerprint density at radius 3 is 2.41 bits per heavy atom. The molecule has 0 spiro atoms. The van der Waals surface area contributed by atoms with E-state index < -0.39 is 11.9 Å². The van der Waals surface area contributed by atoms with Gasteiger partial charge in [-0.3, -0.25) is 4.79 Å². The van der Waals surface area contributed by atoms with Crippen LogP contribution in [0, 0.1) is 0 Å². The molecule has 0 radical (unpaired) electrons. The fraction of sp³-hybridized carbons (Fsp3) is 0.294. The van der Waals surface area contributed by atoms with Crippen molar-refractivity contribution in [1.29, 1.82) is 0 Å². The maximum atomic E-state index is 12.4. The van der Waals surface area contributed by atoms with E-state index in [0.29, 0.717) is 18.5 Å². The molecule has 3 rings (SSSR count). The number of rotatable bonds is 3. The SMILES string of the molecule is CC(C(=O)[O-])c1ccc(N2CC3=C(CC=CC3)C2=O)cc1.[Na+]. The molecule has 1 atom stereocenters. The zero-order chi connectivity index (χ0) is 15.0. The minimum absolute atomic E-state index is 0. The average molecular weight is 305 g/mol. The van der Waals surface area contributed by atoms with Crippen LogP contribution in [0.2, 0.25) is 0 Å². The van der Waals surface area contributed by atoms with Gasteiger partial charge in [0.25, 0.3) is 5.91 Å². The first kappa shape index (κ1) is 17.0. The first-order valence-corrected chi connectivity index (χ1v) is 7.06. The summed E-state index contributed by atoms with van der Waals surface area (Å²) in [6.45, 7) is 2.23. The molecule has 1 aromatic rings. The number of carbonyl (C=O) groups excluding carboxylic acids is 2. The van der Waals surface area contributed by atoms with Crippen LogP contribution in [0.5, 0.6) is 0 Å². The van der Waals surface area contributed by atoms with Crippen LogP contribution in [-0.4, -0.2) is 18.4 Å². The van der Waals surface area contributed by atoms with Gasteiger partial charge in [0.15, 0.2) is 0 Å². The number of anilines is 1. The van der Waals surface area contributed by atoms with E-state index in [-0.39, 0.29) is 35.5 Å². The van der Waals surface area contributed by atoms with Crippen LogP contribution in [0.25, 0.3) is 0 Å². The topological polar surface area (TPSA) is 60.4 Å². The van der Waals surface area contributed by atoms with Gasteiger partial charge in [-0.2, -0.15) is 0 Å². The summed E-state index contributed by atoms with van der Waals surface area (Å²) in [7, 11) is 0. The van der Waals surface area contributed by atoms with E-state index in [1.807, 2.05) is 6.08 Å². The number of aliphatic carboxylic acids is 1. The normalized spacial score (nSPS) is 18.0. The number of benzene rings is 1. The first-order valence-electron chi connectivity index (χ1n) is 7.06. The van der Waals surface area contributed by atoms with Crippen molar-refractivity contribution in [1.82, 2.24) is 0 Å². The zero-order valence-corrected chi connectivity index (χ0v) is 14.8. The zero-order valence-electron chi connectivity index (χ0n) is 12.8. The molecule has 1 aromatic carbocycles. The first-order chi connectivity index (χ1) is 10.1.